The minimum Gasteiger partial charge on any atom is -0.481 e. The zero-order valence-electron chi connectivity index (χ0n) is 11.9. The van der Waals surface area contributed by atoms with Crippen LogP contribution in [0.1, 0.15) is 36.0 Å². The second kappa shape index (κ2) is 6.91. The van der Waals surface area contributed by atoms with Crippen LogP contribution in [0.4, 0.5) is 0 Å². The van der Waals surface area contributed by atoms with E-state index < -0.39 is 11.5 Å². The molecule has 6 nitrogen and oxygen atoms in total. The van der Waals surface area contributed by atoms with E-state index in [4.69, 9.17) is 5.11 Å². The molecule has 1 aromatic carbocycles. The lowest BCUT2D eigenvalue weighted by Gasteiger charge is -2.41. The molecule has 0 radical (unpaired) electrons. The van der Waals surface area contributed by atoms with Crippen molar-refractivity contribution in [2.75, 3.05) is 6.54 Å². The summed E-state index contributed by atoms with van der Waals surface area (Å²) < 4.78 is 0.777. The molecule has 1 saturated carbocycles. The highest BCUT2D eigenvalue weighted by atomic mass is 79.9. The third-order valence-electron chi connectivity index (χ3n) is 3.70. The van der Waals surface area contributed by atoms with Gasteiger partial charge in [-0.15, -0.1) is 0 Å². The highest BCUT2D eigenvalue weighted by Crippen LogP contribution is 2.34. The smallest absolute Gasteiger partial charge is 0.305 e. The fourth-order valence-electron chi connectivity index (χ4n) is 2.47. The van der Waals surface area contributed by atoms with Gasteiger partial charge in [-0.2, -0.15) is 0 Å². The molecule has 22 heavy (non-hydrogen) atoms. The van der Waals surface area contributed by atoms with Gasteiger partial charge in [-0.1, -0.05) is 22.0 Å². The molecule has 1 fully saturated rings. The Balaban J connectivity index is 1.85. The highest BCUT2D eigenvalue weighted by molar-refractivity contribution is 9.10. The summed E-state index contributed by atoms with van der Waals surface area (Å²) in [6.45, 7) is -0.174. The second-order valence-electron chi connectivity index (χ2n) is 5.45. The van der Waals surface area contributed by atoms with Gasteiger partial charge < -0.3 is 15.7 Å². The molecule has 3 N–H and O–H groups in total. The molecule has 0 atom stereocenters. The van der Waals surface area contributed by atoms with Crippen LogP contribution in [0.15, 0.2) is 28.7 Å². The first-order chi connectivity index (χ1) is 10.4. The summed E-state index contributed by atoms with van der Waals surface area (Å²) in [4.78, 5) is 34.7. The standard InChI is InChI=1S/C15H17BrN2O4/c16-11-4-1-3-10(7-11)14(22)17-9-12(19)18-15(5-2-6-15)8-13(20)21/h1,3-4,7H,2,5-6,8-9H2,(H,17,22)(H,18,19)(H,20,21). The molecule has 1 aliphatic carbocycles. The number of rotatable bonds is 6. The van der Waals surface area contributed by atoms with Crippen LogP contribution in [0.5, 0.6) is 0 Å². The number of carbonyl (C=O) groups excluding carboxylic acids is 2. The summed E-state index contributed by atoms with van der Waals surface area (Å²) in [7, 11) is 0. The molecule has 1 aromatic rings. The van der Waals surface area contributed by atoms with E-state index in [1.807, 2.05) is 0 Å². The van der Waals surface area contributed by atoms with E-state index in [2.05, 4.69) is 26.6 Å². The number of halogens is 1. The Labute approximate surface area is 136 Å². The molecule has 0 heterocycles. The molecule has 1 aliphatic rings. The van der Waals surface area contributed by atoms with Gasteiger partial charge in [0, 0.05) is 10.0 Å². The molecule has 0 spiro atoms. The van der Waals surface area contributed by atoms with Crippen molar-refractivity contribution in [2.24, 2.45) is 0 Å². The monoisotopic (exact) mass is 368 g/mol. The third-order valence-corrected chi connectivity index (χ3v) is 4.19. The lowest BCUT2D eigenvalue weighted by atomic mass is 9.74. The SMILES string of the molecule is O=C(O)CC1(NC(=O)CNC(=O)c2cccc(Br)c2)CCC1. The van der Waals surface area contributed by atoms with Crippen LogP contribution in [0.2, 0.25) is 0 Å². The Morgan fingerprint density at radius 2 is 2.00 bits per heavy atom. The van der Waals surface area contributed by atoms with Gasteiger partial charge in [0.25, 0.3) is 5.91 Å². The van der Waals surface area contributed by atoms with Crippen LogP contribution in [0.3, 0.4) is 0 Å². The maximum absolute atomic E-state index is 11.9. The van der Waals surface area contributed by atoms with Gasteiger partial charge in [-0.3, -0.25) is 14.4 Å². The van der Waals surface area contributed by atoms with Gasteiger partial charge in [-0.05, 0) is 37.5 Å². The molecular weight excluding hydrogens is 352 g/mol. The van der Waals surface area contributed by atoms with E-state index in [1.165, 1.54) is 0 Å². The summed E-state index contributed by atoms with van der Waals surface area (Å²) in [5.41, 5.74) is -0.199. The fraction of sp³-hybridized carbons (Fsp3) is 0.400. The van der Waals surface area contributed by atoms with Crippen LogP contribution < -0.4 is 10.6 Å². The summed E-state index contributed by atoms with van der Waals surface area (Å²) in [6.07, 6.45) is 2.13. The van der Waals surface area contributed by atoms with E-state index in [1.54, 1.807) is 24.3 Å². The van der Waals surface area contributed by atoms with Crippen molar-refractivity contribution in [1.29, 1.82) is 0 Å². The first kappa shape index (κ1) is 16.5. The predicted octanol–water partition coefficient (Wildman–Crippen LogP) is 1.69. The van der Waals surface area contributed by atoms with Gasteiger partial charge in [0.15, 0.2) is 0 Å². The normalized spacial score (nSPS) is 15.5. The molecule has 7 heteroatoms. The van der Waals surface area contributed by atoms with Crippen molar-refractivity contribution < 1.29 is 19.5 Å². The fourth-order valence-corrected chi connectivity index (χ4v) is 2.87. The van der Waals surface area contributed by atoms with E-state index in [9.17, 15) is 14.4 Å². The summed E-state index contributed by atoms with van der Waals surface area (Å²) >= 11 is 3.28. The number of carboxylic acid groups (broad SMARTS) is 1. The van der Waals surface area contributed by atoms with Crippen LogP contribution in [0, 0.1) is 0 Å². The van der Waals surface area contributed by atoms with Crippen molar-refractivity contribution in [3.8, 4) is 0 Å². The first-order valence-corrected chi connectivity index (χ1v) is 7.76. The average Bonchev–Trinajstić information content (AvgIpc) is 2.42. The van der Waals surface area contributed by atoms with Crippen molar-refractivity contribution >= 4 is 33.7 Å². The Hall–Kier alpha value is -1.89. The molecule has 2 rings (SSSR count). The van der Waals surface area contributed by atoms with Crippen LogP contribution in [-0.2, 0) is 9.59 Å². The average molecular weight is 369 g/mol. The zero-order chi connectivity index (χ0) is 16.2. The van der Waals surface area contributed by atoms with Crippen LogP contribution in [-0.4, -0.2) is 35.0 Å². The predicted molar refractivity (Wildman–Crippen MR) is 83.5 cm³/mol. The van der Waals surface area contributed by atoms with Crippen LogP contribution in [0.25, 0.3) is 0 Å². The number of hydrogen-bond acceptors (Lipinski definition) is 3. The Morgan fingerprint density at radius 3 is 2.55 bits per heavy atom. The zero-order valence-corrected chi connectivity index (χ0v) is 13.5. The lowest BCUT2D eigenvalue weighted by Crippen LogP contribution is -2.56. The Kier molecular flexibility index (Phi) is 5.18. The van der Waals surface area contributed by atoms with E-state index in [0.717, 1.165) is 10.9 Å². The van der Waals surface area contributed by atoms with Gasteiger partial charge >= 0.3 is 5.97 Å². The summed E-state index contributed by atoms with van der Waals surface area (Å²) in [5, 5.41) is 14.2. The van der Waals surface area contributed by atoms with Crippen molar-refractivity contribution in [3.05, 3.63) is 34.3 Å². The molecule has 0 unspecified atom stereocenters. The van der Waals surface area contributed by atoms with E-state index in [0.29, 0.717) is 18.4 Å². The highest BCUT2D eigenvalue weighted by Gasteiger charge is 2.40. The van der Waals surface area contributed by atoms with Crippen molar-refractivity contribution in [3.63, 3.8) is 0 Å². The number of nitrogens with one attached hydrogen (secondary N) is 2. The second-order valence-corrected chi connectivity index (χ2v) is 6.36. The Bertz CT molecular complexity index is 599. The number of hydrogen-bond donors (Lipinski definition) is 3. The molecule has 0 bridgehead atoms. The lowest BCUT2D eigenvalue weighted by molar-refractivity contribution is -0.140. The molecule has 0 aromatic heterocycles. The third kappa shape index (κ3) is 4.30. The van der Waals surface area contributed by atoms with Gasteiger partial charge in [-0.25, -0.2) is 0 Å². The van der Waals surface area contributed by atoms with E-state index >= 15 is 0 Å². The minimum atomic E-state index is -0.932. The van der Waals surface area contributed by atoms with Crippen molar-refractivity contribution in [1.82, 2.24) is 10.6 Å². The van der Waals surface area contributed by atoms with Gasteiger partial charge in [0.2, 0.25) is 5.91 Å². The van der Waals surface area contributed by atoms with Crippen LogP contribution >= 0.6 is 15.9 Å². The summed E-state index contributed by atoms with van der Waals surface area (Å²) in [5.74, 6) is -1.65. The quantitative estimate of drug-likeness (QED) is 0.711. The van der Waals surface area contributed by atoms with Crippen molar-refractivity contribution in [2.45, 2.75) is 31.2 Å². The van der Waals surface area contributed by atoms with E-state index in [-0.39, 0.29) is 24.8 Å². The first-order valence-electron chi connectivity index (χ1n) is 6.97. The topological polar surface area (TPSA) is 95.5 Å². The minimum absolute atomic E-state index is 0.0850. The number of carboxylic acids is 1. The Morgan fingerprint density at radius 1 is 1.27 bits per heavy atom. The maximum atomic E-state index is 11.9. The summed E-state index contributed by atoms with van der Waals surface area (Å²) in [6, 6.07) is 6.84. The molecular formula is C15H17BrN2O4. The largest absolute Gasteiger partial charge is 0.481 e. The van der Waals surface area contributed by atoms with Gasteiger partial charge in [0.1, 0.15) is 0 Å². The number of carbonyl (C=O) groups is 3. The molecule has 0 saturated heterocycles. The number of aliphatic carboxylic acids is 1. The maximum Gasteiger partial charge on any atom is 0.305 e. The van der Waals surface area contributed by atoms with Gasteiger partial charge in [0.05, 0.1) is 18.5 Å². The number of benzene rings is 1. The molecule has 2 amide bonds. The number of amides is 2. The molecule has 118 valence electrons. The molecule has 0 aliphatic heterocycles.